The van der Waals surface area contributed by atoms with Crippen molar-refractivity contribution >= 4 is 17.4 Å². The summed E-state index contributed by atoms with van der Waals surface area (Å²) in [4.78, 5) is 4.42. The number of hydrogen-bond donors (Lipinski definition) is 0. The van der Waals surface area contributed by atoms with E-state index < -0.39 is 5.79 Å². The summed E-state index contributed by atoms with van der Waals surface area (Å²) in [5, 5.41) is 3.20. The molecule has 0 spiro atoms. The molecule has 25 heavy (non-hydrogen) atoms. The summed E-state index contributed by atoms with van der Waals surface area (Å²) in [7, 11) is 0. The van der Waals surface area contributed by atoms with Gasteiger partial charge in [-0.05, 0) is 39.2 Å². The lowest BCUT2D eigenvalue weighted by molar-refractivity contribution is -0.158. The third-order valence-electron chi connectivity index (χ3n) is 4.11. The molecule has 2 rings (SSSR count). The van der Waals surface area contributed by atoms with Gasteiger partial charge in [-0.2, -0.15) is 0 Å². The van der Waals surface area contributed by atoms with Gasteiger partial charge in [0.25, 0.3) is 0 Å². The molecular formula is C21H29NO2S. The molecule has 1 aromatic heterocycles. The van der Waals surface area contributed by atoms with Gasteiger partial charge < -0.3 is 9.47 Å². The minimum atomic E-state index is -0.445. The first kappa shape index (κ1) is 19.8. The van der Waals surface area contributed by atoms with E-state index in [-0.39, 0.29) is 0 Å². The number of hydrogen-bond acceptors (Lipinski definition) is 4. The van der Waals surface area contributed by atoms with Gasteiger partial charge >= 0.3 is 0 Å². The topological polar surface area (TPSA) is 31.4 Å². The molecule has 1 aromatic rings. The third kappa shape index (κ3) is 7.10. The molecule has 0 saturated carbocycles. The Morgan fingerprint density at radius 3 is 2.76 bits per heavy atom. The molecule has 3 nitrogen and oxygen atoms in total. The van der Waals surface area contributed by atoms with Crippen LogP contribution in [0.15, 0.2) is 47.9 Å². The predicted octanol–water partition coefficient (Wildman–Crippen LogP) is 5.85. The van der Waals surface area contributed by atoms with Crippen molar-refractivity contribution < 1.29 is 9.47 Å². The predicted molar refractivity (Wildman–Crippen MR) is 107 cm³/mol. The van der Waals surface area contributed by atoms with Gasteiger partial charge in [0, 0.05) is 18.2 Å². The van der Waals surface area contributed by atoms with Crippen LogP contribution in [-0.4, -0.2) is 24.0 Å². The van der Waals surface area contributed by atoms with E-state index in [1.807, 2.05) is 13.0 Å². The first-order chi connectivity index (χ1) is 12.1. The van der Waals surface area contributed by atoms with Gasteiger partial charge in [0.2, 0.25) is 0 Å². The molecule has 0 atom stereocenters. The average Bonchev–Trinajstić information content (AvgIpc) is 3.22. The van der Waals surface area contributed by atoms with Gasteiger partial charge in [-0.3, -0.25) is 0 Å². The molecule has 4 heteroatoms. The zero-order valence-corrected chi connectivity index (χ0v) is 16.2. The molecule has 0 amide bonds. The molecule has 1 aliphatic heterocycles. The SMILES string of the molecule is C=CCC1(CC/C(C)=C/C=C/CC/C=C\c2csc(C)n2)OCCO1. The zero-order chi connectivity index (χ0) is 18.0. The Labute approximate surface area is 155 Å². The Balaban J connectivity index is 1.66. The second kappa shape index (κ2) is 10.5. The van der Waals surface area contributed by atoms with E-state index >= 15 is 0 Å². The first-order valence-corrected chi connectivity index (χ1v) is 9.81. The van der Waals surface area contributed by atoms with Crippen molar-refractivity contribution in [2.45, 2.75) is 51.7 Å². The highest BCUT2D eigenvalue weighted by Gasteiger charge is 2.34. The number of unbranched alkanes of at least 4 members (excludes halogenated alkanes) is 1. The monoisotopic (exact) mass is 359 g/mol. The van der Waals surface area contributed by atoms with Crippen LogP contribution in [0.1, 0.15) is 49.7 Å². The fourth-order valence-electron chi connectivity index (χ4n) is 2.73. The van der Waals surface area contributed by atoms with Crippen LogP contribution >= 0.6 is 11.3 Å². The summed E-state index contributed by atoms with van der Waals surface area (Å²) in [5.41, 5.74) is 2.40. The van der Waals surface area contributed by atoms with E-state index in [4.69, 9.17) is 9.47 Å². The van der Waals surface area contributed by atoms with Crippen LogP contribution in [0.3, 0.4) is 0 Å². The van der Waals surface area contributed by atoms with E-state index in [9.17, 15) is 0 Å². The Morgan fingerprint density at radius 1 is 1.32 bits per heavy atom. The summed E-state index contributed by atoms with van der Waals surface area (Å²) in [6.45, 7) is 9.37. The van der Waals surface area contributed by atoms with Crippen LogP contribution in [-0.2, 0) is 9.47 Å². The van der Waals surface area contributed by atoms with Gasteiger partial charge in [-0.25, -0.2) is 4.98 Å². The highest BCUT2D eigenvalue weighted by atomic mass is 32.1. The Hall–Kier alpha value is -1.49. The summed E-state index contributed by atoms with van der Waals surface area (Å²) in [6, 6.07) is 0. The molecule has 0 aromatic carbocycles. The van der Waals surface area contributed by atoms with Gasteiger partial charge in [0.05, 0.1) is 23.9 Å². The number of aromatic nitrogens is 1. The van der Waals surface area contributed by atoms with Crippen LogP contribution in [0, 0.1) is 6.92 Å². The minimum Gasteiger partial charge on any atom is -0.347 e. The van der Waals surface area contributed by atoms with Crippen LogP contribution < -0.4 is 0 Å². The lowest BCUT2D eigenvalue weighted by atomic mass is 10.0. The second-order valence-corrected chi connectivity index (χ2v) is 7.37. The molecule has 1 aliphatic rings. The van der Waals surface area contributed by atoms with Crippen molar-refractivity contribution in [2.75, 3.05) is 13.2 Å². The smallest absolute Gasteiger partial charge is 0.172 e. The fraction of sp³-hybridized carbons (Fsp3) is 0.476. The molecule has 136 valence electrons. The Morgan fingerprint density at radius 2 is 2.08 bits per heavy atom. The van der Waals surface area contributed by atoms with E-state index in [2.05, 4.69) is 54.2 Å². The molecule has 2 heterocycles. The van der Waals surface area contributed by atoms with E-state index in [0.717, 1.165) is 42.8 Å². The highest BCUT2D eigenvalue weighted by molar-refractivity contribution is 7.09. The second-order valence-electron chi connectivity index (χ2n) is 6.31. The molecule has 0 aliphatic carbocycles. The Kier molecular flexibility index (Phi) is 8.32. The lowest BCUT2D eigenvalue weighted by Gasteiger charge is -2.26. The van der Waals surface area contributed by atoms with E-state index in [0.29, 0.717) is 13.2 Å². The highest BCUT2D eigenvalue weighted by Crippen LogP contribution is 2.30. The van der Waals surface area contributed by atoms with Crippen molar-refractivity contribution in [1.82, 2.24) is 4.98 Å². The molecule has 1 fully saturated rings. The van der Waals surface area contributed by atoms with Crippen LogP contribution in [0.4, 0.5) is 0 Å². The number of nitrogens with zero attached hydrogens (tertiary/aromatic N) is 1. The van der Waals surface area contributed by atoms with E-state index in [1.54, 1.807) is 11.3 Å². The van der Waals surface area contributed by atoms with Crippen LogP contribution in [0.2, 0.25) is 0 Å². The lowest BCUT2D eigenvalue weighted by Crippen LogP contribution is -2.29. The maximum absolute atomic E-state index is 5.79. The third-order valence-corrected chi connectivity index (χ3v) is 4.90. The number of allylic oxidation sites excluding steroid dienone is 5. The van der Waals surface area contributed by atoms with Crippen molar-refractivity contribution in [3.8, 4) is 0 Å². The number of rotatable bonds is 10. The zero-order valence-electron chi connectivity index (χ0n) is 15.4. The largest absolute Gasteiger partial charge is 0.347 e. The normalized spacial score (nSPS) is 17.8. The Bertz CT molecular complexity index is 622. The summed E-state index contributed by atoms with van der Waals surface area (Å²) in [5.74, 6) is -0.445. The summed E-state index contributed by atoms with van der Waals surface area (Å²) >= 11 is 1.69. The molecule has 0 N–H and O–H groups in total. The van der Waals surface area contributed by atoms with Crippen LogP contribution in [0.5, 0.6) is 0 Å². The standard InChI is InChI=1S/C21H29NO2S/c1-4-13-21(23-15-16-24-21)14-12-18(2)10-8-6-5-7-9-11-20-17-25-19(3)22-20/h4,6,8-11,17H,1,5,7,12-16H2,2-3H3/b8-6+,11-9-,18-10+. The maximum Gasteiger partial charge on any atom is 0.172 e. The number of thiazole rings is 1. The minimum absolute atomic E-state index is 0.445. The quantitative estimate of drug-likeness (QED) is 0.298. The first-order valence-electron chi connectivity index (χ1n) is 8.93. The molecule has 0 radical (unpaired) electrons. The molecular weight excluding hydrogens is 330 g/mol. The van der Waals surface area contributed by atoms with Gasteiger partial charge in [-0.1, -0.05) is 36.0 Å². The van der Waals surface area contributed by atoms with Crippen LogP contribution in [0.25, 0.3) is 6.08 Å². The van der Waals surface area contributed by atoms with Gasteiger partial charge in [0.15, 0.2) is 5.79 Å². The number of ether oxygens (including phenoxy) is 2. The van der Waals surface area contributed by atoms with Crippen molar-refractivity contribution in [3.05, 3.63) is 58.6 Å². The maximum atomic E-state index is 5.79. The molecule has 0 bridgehead atoms. The molecule has 1 saturated heterocycles. The van der Waals surface area contributed by atoms with Gasteiger partial charge in [-0.15, -0.1) is 17.9 Å². The molecule has 0 unspecified atom stereocenters. The van der Waals surface area contributed by atoms with Crippen molar-refractivity contribution in [1.29, 1.82) is 0 Å². The average molecular weight is 360 g/mol. The van der Waals surface area contributed by atoms with Gasteiger partial charge in [0.1, 0.15) is 0 Å². The van der Waals surface area contributed by atoms with Crippen molar-refractivity contribution in [3.63, 3.8) is 0 Å². The fourth-order valence-corrected chi connectivity index (χ4v) is 3.31. The number of aryl methyl sites for hydroxylation is 1. The summed E-state index contributed by atoms with van der Waals surface area (Å²) in [6.07, 6.45) is 17.4. The van der Waals surface area contributed by atoms with E-state index in [1.165, 1.54) is 5.57 Å². The van der Waals surface area contributed by atoms with Crippen molar-refractivity contribution in [2.24, 2.45) is 0 Å². The summed E-state index contributed by atoms with van der Waals surface area (Å²) < 4.78 is 11.6.